The second-order valence-electron chi connectivity index (χ2n) is 4.78. The SMILES string of the molecule is CC(=O)CC(C)C.CC(C)CC(C)O. The van der Waals surface area contributed by atoms with Crippen molar-refractivity contribution in [2.24, 2.45) is 11.8 Å². The summed E-state index contributed by atoms with van der Waals surface area (Å²) >= 11 is 0. The molecule has 86 valence electrons. The van der Waals surface area contributed by atoms with E-state index in [0.29, 0.717) is 11.8 Å². The average Bonchev–Trinajstić information content (AvgIpc) is 1.79. The molecule has 14 heavy (non-hydrogen) atoms. The highest BCUT2D eigenvalue weighted by Crippen LogP contribution is 2.02. The molecule has 1 unspecified atom stereocenters. The van der Waals surface area contributed by atoms with Crippen molar-refractivity contribution in [1.82, 2.24) is 0 Å². The Bertz CT molecular complexity index is 131. The van der Waals surface area contributed by atoms with Crippen LogP contribution in [0.3, 0.4) is 0 Å². The highest BCUT2D eigenvalue weighted by atomic mass is 16.3. The first kappa shape index (κ1) is 16.1. The molecule has 0 radical (unpaired) electrons. The quantitative estimate of drug-likeness (QED) is 0.761. The Morgan fingerprint density at radius 3 is 1.50 bits per heavy atom. The van der Waals surface area contributed by atoms with Crippen molar-refractivity contribution in [2.75, 3.05) is 0 Å². The van der Waals surface area contributed by atoms with Crippen molar-refractivity contribution in [3.05, 3.63) is 0 Å². The molecule has 1 atom stereocenters. The van der Waals surface area contributed by atoms with E-state index in [-0.39, 0.29) is 11.9 Å². The van der Waals surface area contributed by atoms with Crippen LogP contribution < -0.4 is 0 Å². The second kappa shape index (κ2) is 9.20. The van der Waals surface area contributed by atoms with Crippen LogP contribution in [0.2, 0.25) is 0 Å². The first-order valence-corrected chi connectivity index (χ1v) is 5.43. The fourth-order valence-corrected chi connectivity index (χ4v) is 1.26. The van der Waals surface area contributed by atoms with E-state index < -0.39 is 0 Å². The van der Waals surface area contributed by atoms with Gasteiger partial charge in [-0.15, -0.1) is 0 Å². The minimum Gasteiger partial charge on any atom is -0.393 e. The molecule has 0 fully saturated rings. The zero-order chi connectivity index (χ0) is 11.7. The molecule has 0 aromatic rings. The Hall–Kier alpha value is -0.370. The normalized spacial score (nSPS) is 12.4. The van der Waals surface area contributed by atoms with Crippen LogP contribution in [0.4, 0.5) is 0 Å². The topological polar surface area (TPSA) is 37.3 Å². The molecule has 2 heteroatoms. The highest BCUT2D eigenvalue weighted by Gasteiger charge is 1.97. The van der Waals surface area contributed by atoms with Gasteiger partial charge in [0.15, 0.2) is 0 Å². The van der Waals surface area contributed by atoms with Crippen molar-refractivity contribution in [3.8, 4) is 0 Å². The second-order valence-corrected chi connectivity index (χ2v) is 4.78. The number of Topliss-reactive ketones (excluding diaryl/α,β-unsaturated/α-hetero) is 1. The Morgan fingerprint density at radius 2 is 1.50 bits per heavy atom. The van der Waals surface area contributed by atoms with Crippen LogP contribution in [-0.2, 0) is 4.79 Å². The van der Waals surface area contributed by atoms with Crippen LogP contribution in [0.1, 0.15) is 54.4 Å². The molecule has 2 nitrogen and oxygen atoms in total. The van der Waals surface area contributed by atoms with E-state index in [9.17, 15) is 4.79 Å². The van der Waals surface area contributed by atoms with Gasteiger partial charge >= 0.3 is 0 Å². The molecule has 0 aromatic heterocycles. The standard InChI is InChI=1S/C6H14O.C6H12O/c2*1-5(2)4-6(3)7/h5-7H,4H2,1-3H3;5H,4H2,1-3H3. The molecule has 0 amide bonds. The van der Waals surface area contributed by atoms with Gasteiger partial charge in [0.05, 0.1) is 6.10 Å². The van der Waals surface area contributed by atoms with Crippen molar-refractivity contribution in [3.63, 3.8) is 0 Å². The number of carbonyl (C=O) groups excluding carboxylic acids is 1. The third-order valence-corrected chi connectivity index (χ3v) is 1.51. The number of ketones is 1. The summed E-state index contributed by atoms with van der Waals surface area (Å²) in [6.07, 6.45) is 1.51. The molecule has 0 saturated carbocycles. The number of carbonyl (C=O) groups is 1. The monoisotopic (exact) mass is 202 g/mol. The molecular formula is C12H26O2. The minimum atomic E-state index is -0.125. The molecule has 0 heterocycles. The Balaban J connectivity index is 0. The summed E-state index contributed by atoms with van der Waals surface area (Å²) in [6, 6.07) is 0. The van der Waals surface area contributed by atoms with Gasteiger partial charge in [-0.1, -0.05) is 27.7 Å². The van der Waals surface area contributed by atoms with Gasteiger partial charge in [-0.25, -0.2) is 0 Å². The molecule has 0 rings (SSSR count). The predicted molar refractivity (Wildman–Crippen MR) is 61.3 cm³/mol. The van der Waals surface area contributed by atoms with E-state index in [0.717, 1.165) is 12.8 Å². The Morgan fingerprint density at radius 1 is 1.07 bits per heavy atom. The predicted octanol–water partition coefficient (Wildman–Crippen LogP) is 3.03. The zero-order valence-corrected chi connectivity index (χ0v) is 10.5. The molecule has 0 aromatic carbocycles. The van der Waals surface area contributed by atoms with Crippen LogP contribution in [0.15, 0.2) is 0 Å². The number of rotatable bonds is 4. The molecule has 0 aliphatic rings. The minimum absolute atomic E-state index is 0.125. The molecule has 0 bridgehead atoms. The highest BCUT2D eigenvalue weighted by molar-refractivity contribution is 5.75. The maximum Gasteiger partial charge on any atom is 0.130 e. The number of hydrogen-bond acceptors (Lipinski definition) is 2. The van der Waals surface area contributed by atoms with E-state index in [2.05, 4.69) is 13.8 Å². The van der Waals surface area contributed by atoms with E-state index in [1.54, 1.807) is 6.92 Å². The van der Waals surface area contributed by atoms with Crippen molar-refractivity contribution in [2.45, 2.75) is 60.5 Å². The summed E-state index contributed by atoms with van der Waals surface area (Å²) in [5.74, 6) is 1.44. The van der Waals surface area contributed by atoms with E-state index in [1.165, 1.54) is 0 Å². The van der Waals surface area contributed by atoms with Crippen molar-refractivity contribution < 1.29 is 9.90 Å². The van der Waals surface area contributed by atoms with Gasteiger partial charge in [-0.2, -0.15) is 0 Å². The first-order chi connectivity index (χ1) is 6.25. The molecule has 1 N–H and O–H groups in total. The van der Waals surface area contributed by atoms with Gasteiger partial charge in [0.2, 0.25) is 0 Å². The summed E-state index contributed by atoms with van der Waals surface area (Å²) < 4.78 is 0. The van der Waals surface area contributed by atoms with Gasteiger partial charge in [0.1, 0.15) is 5.78 Å². The van der Waals surface area contributed by atoms with Gasteiger partial charge in [0, 0.05) is 6.42 Å². The van der Waals surface area contributed by atoms with Gasteiger partial charge in [-0.05, 0) is 32.1 Å². The maximum absolute atomic E-state index is 10.3. The molecule has 0 spiro atoms. The molecule has 0 aliphatic carbocycles. The molecule has 0 saturated heterocycles. The van der Waals surface area contributed by atoms with Crippen LogP contribution in [0.25, 0.3) is 0 Å². The van der Waals surface area contributed by atoms with E-state index in [4.69, 9.17) is 5.11 Å². The number of aliphatic hydroxyl groups excluding tert-OH is 1. The van der Waals surface area contributed by atoms with Crippen molar-refractivity contribution in [1.29, 1.82) is 0 Å². The van der Waals surface area contributed by atoms with Crippen LogP contribution >= 0.6 is 0 Å². The van der Waals surface area contributed by atoms with Crippen LogP contribution in [-0.4, -0.2) is 17.0 Å². The van der Waals surface area contributed by atoms with Crippen molar-refractivity contribution >= 4 is 5.78 Å². The summed E-state index contributed by atoms with van der Waals surface area (Å²) in [4.78, 5) is 10.3. The third-order valence-electron chi connectivity index (χ3n) is 1.51. The summed E-state index contributed by atoms with van der Waals surface area (Å²) in [5, 5.41) is 8.72. The van der Waals surface area contributed by atoms with Crippen LogP contribution in [0, 0.1) is 11.8 Å². The zero-order valence-electron chi connectivity index (χ0n) is 10.5. The van der Waals surface area contributed by atoms with Gasteiger partial charge in [0.25, 0.3) is 0 Å². The largest absolute Gasteiger partial charge is 0.393 e. The van der Waals surface area contributed by atoms with E-state index in [1.807, 2.05) is 20.8 Å². The third kappa shape index (κ3) is 22.6. The summed E-state index contributed by atoms with van der Waals surface area (Å²) in [6.45, 7) is 11.7. The Kier molecular flexibility index (Phi) is 10.6. The lowest BCUT2D eigenvalue weighted by Gasteiger charge is -2.04. The molecule has 0 aliphatic heterocycles. The fourth-order valence-electron chi connectivity index (χ4n) is 1.26. The summed E-state index contributed by atoms with van der Waals surface area (Å²) in [5.41, 5.74) is 0. The summed E-state index contributed by atoms with van der Waals surface area (Å²) in [7, 11) is 0. The lowest BCUT2D eigenvalue weighted by molar-refractivity contribution is -0.117. The van der Waals surface area contributed by atoms with E-state index >= 15 is 0 Å². The average molecular weight is 202 g/mol. The van der Waals surface area contributed by atoms with Gasteiger partial charge in [-0.3, -0.25) is 0 Å². The smallest absolute Gasteiger partial charge is 0.130 e. The maximum atomic E-state index is 10.3. The lowest BCUT2D eigenvalue weighted by Crippen LogP contribution is -2.03. The molecular weight excluding hydrogens is 176 g/mol. The first-order valence-electron chi connectivity index (χ1n) is 5.43. The number of hydrogen-bond donors (Lipinski definition) is 1. The lowest BCUT2D eigenvalue weighted by atomic mass is 10.1. The van der Waals surface area contributed by atoms with Gasteiger partial charge < -0.3 is 9.90 Å². The Labute approximate surface area is 88.7 Å². The number of aliphatic hydroxyl groups is 1. The fraction of sp³-hybridized carbons (Fsp3) is 0.917. The van der Waals surface area contributed by atoms with Crippen LogP contribution in [0.5, 0.6) is 0 Å².